The maximum Gasteiger partial charge on any atom is 0.261 e. The molecule has 32 heavy (non-hydrogen) atoms. The first-order valence-electron chi connectivity index (χ1n) is 9.77. The Kier molecular flexibility index (Phi) is 6.60. The van der Waals surface area contributed by atoms with Crippen LogP contribution in [0.2, 0.25) is 0 Å². The van der Waals surface area contributed by atoms with Gasteiger partial charge in [-0.3, -0.25) is 13.8 Å². The topological polar surface area (TPSA) is 129 Å². The number of halogens is 1. The van der Waals surface area contributed by atoms with Gasteiger partial charge in [-0.2, -0.15) is 13.5 Å². The van der Waals surface area contributed by atoms with E-state index < -0.39 is 10.1 Å². The number of nitrogen functional groups attached to an aromatic ring is 1. The van der Waals surface area contributed by atoms with Gasteiger partial charge in [0.05, 0.1) is 11.9 Å². The van der Waals surface area contributed by atoms with Crippen LogP contribution >= 0.6 is 0 Å². The Labute approximate surface area is 185 Å². The van der Waals surface area contributed by atoms with Crippen LogP contribution in [0.3, 0.4) is 0 Å². The van der Waals surface area contributed by atoms with Crippen LogP contribution in [0, 0.1) is 11.7 Å². The molecule has 0 saturated heterocycles. The maximum atomic E-state index is 13.3. The molecule has 0 aliphatic heterocycles. The molecule has 3 aromatic heterocycles. The number of pyridine rings is 1. The van der Waals surface area contributed by atoms with E-state index in [9.17, 15) is 12.8 Å². The monoisotopic (exact) mass is 460 g/mol. The molecule has 0 radical (unpaired) electrons. The minimum atomic E-state index is -3.67. The summed E-state index contributed by atoms with van der Waals surface area (Å²) in [5, 5.41) is 4.55. The molecule has 170 valence electrons. The number of hydrogen-bond donors (Lipinski definition) is 2. The van der Waals surface area contributed by atoms with Gasteiger partial charge in [0.1, 0.15) is 17.0 Å². The van der Waals surface area contributed by atoms with Gasteiger partial charge in [-0.25, -0.2) is 14.4 Å². The molecule has 0 amide bonds. The summed E-state index contributed by atoms with van der Waals surface area (Å²) in [5.41, 5.74) is 10.9. The lowest BCUT2D eigenvalue weighted by Crippen LogP contribution is -2.08. The molecule has 0 spiro atoms. The van der Waals surface area contributed by atoms with Gasteiger partial charge in [0.15, 0.2) is 5.65 Å². The average molecular weight is 461 g/mol. The second-order valence-corrected chi connectivity index (χ2v) is 9.28. The van der Waals surface area contributed by atoms with Gasteiger partial charge in [-0.1, -0.05) is 13.8 Å². The molecule has 0 fully saturated rings. The lowest BCUT2D eigenvalue weighted by Gasteiger charge is -2.09. The Morgan fingerprint density at radius 2 is 1.75 bits per heavy atom. The van der Waals surface area contributed by atoms with Gasteiger partial charge in [0.2, 0.25) is 5.95 Å². The summed E-state index contributed by atoms with van der Waals surface area (Å²) in [6.07, 6.45) is 2.63. The summed E-state index contributed by atoms with van der Waals surface area (Å²) in [4.78, 5) is 9.24. The van der Waals surface area contributed by atoms with E-state index in [2.05, 4.69) is 23.9 Å². The third kappa shape index (κ3) is 5.68. The molecule has 1 aromatic carbocycles. The second-order valence-electron chi connectivity index (χ2n) is 7.82. The van der Waals surface area contributed by atoms with Gasteiger partial charge < -0.3 is 5.73 Å². The summed E-state index contributed by atoms with van der Waals surface area (Å²) in [7, 11) is -1.81. The zero-order valence-corrected chi connectivity index (χ0v) is 19.0. The van der Waals surface area contributed by atoms with Crippen molar-refractivity contribution in [2.24, 2.45) is 13.0 Å². The van der Waals surface area contributed by atoms with Crippen molar-refractivity contribution in [3.8, 4) is 22.5 Å². The van der Waals surface area contributed by atoms with E-state index in [-0.39, 0.29) is 5.82 Å². The number of aromatic nitrogens is 5. The van der Waals surface area contributed by atoms with Crippen LogP contribution in [-0.4, -0.2) is 43.5 Å². The quantitative estimate of drug-likeness (QED) is 0.447. The predicted molar refractivity (Wildman–Crippen MR) is 122 cm³/mol. The Morgan fingerprint density at radius 1 is 1.12 bits per heavy atom. The van der Waals surface area contributed by atoms with E-state index in [0.29, 0.717) is 18.1 Å². The molecule has 0 atom stereocenters. The fourth-order valence-electron chi connectivity index (χ4n) is 3.21. The number of rotatable bonds is 4. The lowest BCUT2D eigenvalue weighted by molar-refractivity contribution is 0.490. The molecule has 11 heteroatoms. The van der Waals surface area contributed by atoms with Gasteiger partial charge in [0, 0.05) is 30.9 Å². The molecule has 3 N–H and O–H groups in total. The summed E-state index contributed by atoms with van der Waals surface area (Å²) in [6, 6.07) is 10.2. The Hall–Kier alpha value is -3.31. The van der Waals surface area contributed by atoms with Crippen molar-refractivity contribution in [2.75, 3.05) is 12.0 Å². The van der Waals surface area contributed by atoms with E-state index >= 15 is 0 Å². The largest absolute Gasteiger partial charge is 0.369 e. The first kappa shape index (κ1) is 23.4. The number of nitrogens with zero attached hydrogens (tertiary/aromatic N) is 5. The van der Waals surface area contributed by atoms with Gasteiger partial charge in [-0.15, -0.1) is 0 Å². The van der Waals surface area contributed by atoms with Gasteiger partial charge >= 0.3 is 0 Å². The summed E-state index contributed by atoms with van der Waals surface area (Å²) < 4.78 is 42.8. The third-order valence-electron chi connectivity index (χ3n) is 4.39. The van der Waals surface area contributed by atoms with Crippen molar-refractivity contribution in [1.82, 2.24) is 24.3 Å². The maximum absolute atomic E-state index is 13.3. The summed E-state index contributed by atoms with van der Waals surface area (Å²) in [6.45, 7) is 5.00. The van der Waals surface area contributed by atoms with Crippen LogP contribution in [0.25, 0.3) is 33.7 Å². The standard InChI is InChI=1S/C20H21FN6.CH4O3S/c1-12(2)10-27-19-17(24-20(27)22)9-8-16(23-19)15-11-26(3)25-18(15)13-4-6-14(21)7-5-13;1-5(2,3)4/h4-9,11-12H,10H2,1-3H3,(H2,22,24);1H3,(H,2,3,4). The van der Waals surface area contributed by atoms with Crippen molar-refractivity contribution in [1.29, 1.82) is 0 Å². The van der Waals surface area contributed by atoms with Crippen LogP contribution < -0.4 is 5.73 Å². The fourth-order valence-corrected chi connectivity index (χ4v) is 3.21. The highest BCUT2D eigenvalue weighted by Crippen LogP contribution is 2.31. The molecule has 0 aliphatic carbocycles. The van der Waals surface area contributed by atoms with Crippen LogP contribution in [0.5, 0.6) is 0 Å². The first-order valence-corrected chi connectivity index (χ1v) is 11.6. The molecule has 4 aromatic rings. The fraction of sp³-hybridized carbons (Fsp3) is 0.286. The number of aryl methyl sites for hydroxylation is 1. The molecular weight excluding hydrogens is 435 g/mol. The van der Waals surface area contributed by atoms with Crippen LogP contribution in [0.1, 0.15) is 13.8 Å². The van der Waals surface area contributed by atoms with E-state index in [1.807, 2.05) is 29.9 Å². The minimum Gasteiger partial charge on any atom is -0.369 e. The summed E-state index contributed by atoms with van der Waals surface area (Å²) >= 11 is 0. The van der Waals surface area contributed by atoms with E-state index in [1.54, 1.807) is 16.8 Å². The molecule has 0 bridgehead atoms. The number of anilines is 1. The number of imidazole rings is 1. The second kappa shape index (κ2) is 9.05. The highest BCUT2D eigenvalue weighted by atomic mass is 32.2. The van der Waals surface area contributed by atoms with Crippen molar-refractivity contribution >= 4 is 27.2 Å². The molecule has 0 saturated carbocycles. The zero-order chi connectivity index (χ0) is 23.6. The van der Waals surface area contributed by atoms with E-state index in [4.69, 9.17) is 15.3 Å². The summed E-state index contributed by atoms with van der Waals surface area (Å²) in [5.74, 6) is 0.612. The molecule has 9 nitrogen and oxygen atoms in total. The van der Waals surface area contributed by atoms with Crippen molar-refractivity contribution in [3.05, 3.63) is 48.4 Å². The molecule has 0 aliphatic rings. The lowest BCUT2D eigenvalue weighted by atomic mass is 10.1. The van der Waals surface area contributed by atoms with Crippen LogP contribution in [0.15, 0.2) is 42.6 Å². The molecular formula is C21H25FN6O3S. The average Bonchev–Trinajstić information content (AvgIpc) is 3.20. The number of benzene rings is 1. The van der Waals surface area contributed by atoms with E-state index in [1.165, 1.54) is 12.1 Å². The SMILES string of the molecule is CC(C)Cn1c(N)nc2ccc(-c3cn(C)nc3-c3ccc(F)cc3)nc21.CS(=O)(=O)O. The highest BCUT2D eigenvalue weighted by Gasteiger charge is 2.17. The Bertz CT molecular complexity index is 1340. The minimum absolute atomic E-state index is 0.274. The highest BCUT2D eigenvalue weighted by molar-refractivity contribution is 7.85. The number of nitrogens with two attached hydrogens (primary N) is 1. The molecule has 4 rings (SSSR count). The van der Waals surface area contributed by atoms with E-state index in [0.717, 1.165) is 40.2 Å². The number of hydrogen-bond acceptors (Lipinski definition) is 6. The van der Waals surface area contributed by atoms with Crippen LogP contribution in [0.4, 0.5) is 10.3 Å². The zero-order valence-electron chi connectivity index (χ0n) is 18.2. The number of fused-ring (bicyclic) bond motifs is 1. The first-order chi connectivity index (χ1) is 14.9. The smallest absolute Gasteiger partial charge is 0.261 e. The van der Waals surface area contributed by atoms with Crippen molar-refractivity contribution < 1.29 is 17.4 Å². The van der Waals surface area contributed by atoms with Gasteiger partial charge in [-0.05, 0) is 42.3 Å². The predicted octanol–water partition coefficient (Wildman–Crippen LogP) is 3.38. The third-order valence-corrected chi connectivity index (χ3v) is 4.39. The van der Waals surface area contributed by atoms with Crippen molar-refractivity contribution in [3.63, 3.8) is 0 Å². The Morgan fingerprint density at radius 3 is 2.34 bits per heavy atom. The van der Waals surface area contributed by atoms with Crippen molar-refractivity contribution in [2.45, 2.75) is 20.4 Å². The normalized spacial score (nSPS) is 11.6. The molecule has 3 heterocycles. The van der Waals surface area contributed by atoms with Crippen LogP contribution in [-0.2, 0) is 23.7 Å². The molecule has 0 unspecified atom stereocenters. The Balaban J connectivity index is 0.000000523. The van der Waals surface area contributed by atoms with Gasteiger partial charge in [0.25, 0.3) is 10.1 Å².